The molecule has 0 radical (unpaired) electrons. The van der Waals surface area contributed by atoms with Crippen molar-refractivity contribution in [3.8, 4) is 0 Å². The Morgan fingerprint density at radius 1 is 1.29 bits per heavy atom. The number of aromatic amines is 1. The molecule has 0 aliphatic carbocycles. The Labute approximate surface area is 129 Å². The van der Waals surface area contributed by atoms with Crippen molar-refractivity contribution in [3.63, 3.8) is 0 Å². The van der Waals surface area contributed by atoms with E-state index in [0.717, 1.165) is 21.2 Å². The van der Waals surface area contributed by atoms with Gasteiger partial charge in [0.25, 0.3) is 5.91 Å². The normalized spacial score (nSPS) is 10.8. The zero-order valence-corrected chi connectivity index (χ0v) is 12.9. The SMILES string of the molecule is Cc1cc(NC(=O)c2n[nH]c3ccc(N)cc23)ccc1Br. The Hall–Kier alpha value is -2.34. The van der Waals surface area contributed by atoms with E-state index in [1.54, 1.807) is 18.2 Å². The number of aromatic nitrogens is 2. The first kappa shape index (κ1) is 13.6. The Morgan fingerprint density at radius 3 is 2.86 bits per heavy atom. The maximum absolute atomic E-state index is 12.4. The minimum Gasteiger partial charge on any atom is -0.399 e. The molecule has 3 rings (SSSR count). The lowest BCUT2D eigenvalue weighted by Crippen LogP contribution is -2.13. The van der Waals surface area contributed by atoms with E-state index in [1.807, 2.05) is 25.1 Å². The second-order valence-electron chi connectivity index (χ2n) is 4.80. The fraction of sp³-hybridized carbons (Fsp3) is 0.0667. The first-order valence-electron chi connectivity index (χ1n) is 6.36. The molecular formula is C15H13BrN4O. The summed E-state index contributed by atoms with van der Waals surface area (Å²) in [5, 5.41) is 10.4. The number of aryl methyl sites for hydroxylation is 1. The number of rotatable bonds is 2. The summed E-state index contributed by atoms with van der Waals surface area (Å²) in [5.41, 5.74) is 9.24. The molecule has 2 aromatic carbocycles. The lowest BCUT2D eigenvalue weighted by atomic mass is 10.1. The predicted molar refractivity (Wildman–Crippen MR) is 87.3 cm³/mol. The van der Waals surface area contributed by atoms with Gasteiger partial charge in [-0.3, -0.25) is 9.89 Å². The van der Waals surface area contributed by atoms with Crippen LogP contribution in [-0.2, 0) is 0 Å². The maximum Gasteiger partial charge on any atom is 0.276 e. The molecule has 0 aliphatic rings. The average Bonchev–Trinajstić information content (AvgIpc) is 2.86. The average molecular weight is 345 g/mol. The summed E-state index contributed by atoms with van der Waals surface area (Å²) in [6.45, 7) is 1.96. The molecule has 0 spiro atoms. The molecule has 0 saturated heterocycles. The monoisotopic (exact) mass is 344 g/mol. The number of nitrogens with two attached hydrogens (primary N) is 1. The summed E-state index contributed by atoms with van der Waals surface area (Å²) < 4.78 is 0.999. The highest BCUT2D eigenvalue weighted by molar-refractivity contribution is 9.10. The molecule has 106 valence electrons. The number of nitrogen functional groups attached to an aromatic ring is 1. The van der Waals surface area contributed by atoms with E-state index in [-0.39, 0.29) is 5.91 Å². The van der Waals surface area contributed by atoms with Crippen LogP contribution in [0.4, 0.5) is 11.4 Å². The summed E-state index contributed by atoms with van der Waals surface area (Å²) in [6, 6.07) is 10.9. The highest BCUT2D eigenvalue weighted by Gasteiger charge is 2.14. The van der Waals surface area contributed by atoms with E-state index >= 15 is 0 Å². The lowest BCUT2D eigenvalue weighted by molar-refractivity contribution is 0.102. The van der Waals surface area contributed by atoms with Crippen LogP contribution in [0.2, 0.25) is 0 Å². The fourth-order valence-electron chi connectivity index (χ4n) is 2.12. The third-order valence-electron chi connectivity index (χ3n) is 3.22. The second-order valence-corrected chi connectivity index (χ2v) is 5.65. The van der Waals surface area contributed by atoms with Crippen molar-refractivity contribution in [1.82, 2.24) is 10.2 Å². The Kier molecular flexibility index (Phi) is 3.39. The number of nitrogens with zero attached hydrogens (tertiary/aromatic N) is 1. The van der Waals surface area contributed by atoms with Crippen LogP contribution in [0.15, 0.2) is 40.9 Å². The number of halogens is 1. The number of hydrogen-bond donors (Lipinski definition) is 3. The van der Waals surface area contributed by atoms with Gasteiger partial charge in [-0.1, -0.05) is 15.9 Å². The van der Waals surface area contributed by atoms with E-state index in [0.29, 0.717) is 16.8 Å². The molecule has 0 unspecified atom stereocenters. The summed E-state index contributed by atoms with van der Waals surface area (Å²) in [7, 11) is 0. The maximum atomic E-state index is 12.4. The van der Waals surface area contributed by atoms with Crippen LogP contribution >= 0.6 is 15.9 Å². The zero-order valence-electron chi connectivity index (χ0n) is 11.3. The van der Waals surface area contributed by atoms with E-state index in [2.05, 4.69) is 31.4 Å². The van der Waals surface area contributed by atoms with Crippen molar-refractivity contribution in [2.75, 3.05) is 11.1 Å². The molecule has 1 aromatic heterocycles. The van der Waals surface area contributed by atoms with Gasteiger partial charge in [-0.2, -0.15) is 5.10 Å². The van der Waals surface area contributed by atoms with Gasteiger partial charge in [-0.25, -0.2) is 0 Å². The molecule has 1 heterocycles. The molecule has 21 heavy (non-hydrogen) atoms. The number of hydrogen-bond acceptors (Lipinski definition) is 3. The van der Waals surface area contributed by atoms with Gasteiger partial charge in [0.1, 0.15) is 0 Å². The third kappa shape index (κ3) is 2.62. The molecule has 1 amide bonds. The van der Waals surface area contributed by atoms with Gasteiger partial charge >= 0.3 is 0 Å². The molecule has 0 bridgehead atoms. The first-order valence-corrected chi connectivity index (χ1v) is 7.15. The molecule has 0 fully saturated rings. The molecule has 0 atom stereocenters. The van der Waals surface area contributed by atoms with Crippen LogP contribution in [0, 0.1) is 6.92 Å². The Morgan fingerprint density at radius 2 is 2.10 bits per heavy atom. The molecule has 4 N–H and O–H groups in total. The number of anilines is 2. The largest absolute Gasteiger partial charge is 0.399 e. The lowest BCUT2D eigenvalue weighted by Gasteiger charge is -2.06. The van der Waals surface area contributed by atoms with Gasteiger partial charge in [-0.05, 0) is 48.9 Å². The number of nitrogens with one attached hydrogen (secondary N) is 2. The van der Waals surface area contributed by atoms with Crippen molar-refractivity contribution >= 4 is 44.1 Å². The van der Waals surface area contributed by atoms with Crippen LogP contribution < -0.4 is 11.1 Å². The first-order chi connectivity index (χ1) is 10.0. The molecule has 0 saturated carbocycles. The number of carbonyl (C=O) groups excluding carboxylic acids is 1. The van der Waals surface area contributed by atoms with Gasteiger partial charge < -0.3 is 11.1 Å². The molecule has 6 heteroatoms. The van der Waals surface area contributed by atoms with Gasteiger partial charge in [0.05, 0.1) is 5.52 Å². The van der Waals surface area contributed by atoms with E-state index in [9.17, 15) is 4.79 Å². The van der Waals surface area contributed by atoms with E-state index < -0.39 is 0 Å². The van der Waals surface area contributed by atoms with Crippen LogP contribution in [-0.4, -0.2) is 16.1 Å². The van der Waals surface area contributed by atoms with Crippen LogP contribution in [0.1, 0.15) is 16.1 Å². The summed E-state index contributed by atoms with van der Waals surface area (Å²) in [5.74, 6) is -0.270. The van der Waals surface area contributed by atoms with Crippen molar-refractivity contribution in [3.05, 3.63) is 52.1 Å². The van der Waals surface area contributed by atoms with Gasteiger partial charge in [0.2, 0.25) is 0 Å². The van der Waals surface area contributed by atoms with Crippen LogP contribution in [0.5, 0.6) is 0 Å². The van der Waals surface area contributed by atoms with Crippen molar-refractivity contribution < 1.29 is 4.79 Å². The molecule has 3 aromatic rings. The smallest absolute Gasteiger partial charge is 0.276 e. The van der Waals surface area contributed by atoms with Gasteiger partial charge in [0.15, 0.2) is 5.69 Å². The minimum atomic E-state index is -0.270. The highest BCUT2D eigenvalue weighted by Crippen LogP contribution is 2.22. The fourth-order valence-corrected chi connectivity index (χ4v) is 2.36. The van der Waals surface area contributed by atoms with Crippen molar-refractivity contribution in [1.29, 1.82) is 0 Å². The number of carbonyl (C=O) groups is 1. The number of H-pyrrole nitrogens is 1. The minimum absolute atomic E-state index is 0.270. The Bertz CT molecular complexity index is 841. The van der Waals surface area contributed by atoms with Crippen LogP contribution in [0.25, 0.3) is 10.9 Å². The molecule has 5 nitrogen and oxygen atoms in total. The topological polar surface area (TPSA) is 83.8 Å². The van der Waals surface area contributed by atoms with Gasteiger partial charge in [0, 0.05) is 21.2 Å². The standard InChI is InChI=1S/C15H13BrN4O/c1-8-6-10(3-4-12(8)16)18-15(21)14-11-7-9(17)2-5-13(11)19-20-14/h2-7H,17H2,1H3,(H,18,21)(H,19,20). The van der Waals surface area contributed by atoms with E-state index in [1.165, 1.54) is 0 Å². The summed E-state index contributed by atoms with van der Waals surface area (Å²) >= 11 is 3.43. The quantitative estimate of drug-likeness (QED) is 0.622. The number of amides is 1. The number of benzene rings is 2. The third-order valence-corrected chi connectivity index (χ3v) is 4.11. The molecule has 0 aliphatic heterocycles. The summed E-state index contributed by atoms with van der Waals surface area (Å²) in [4.78, 5) is 12.4. The number of fused-ring (bicyclic) bond motifs is 1. The predicted octanol–water partition coefficient (Wildman–Crippen LogP) is 3.47. The van der Waals surface area contributed by atoms with Crippen molar-refractivity contribution in [2.24, 2.45) is 0 Å². The van der Waals surface area contributed by atoms with E-state index in [4.69, 9.17) is 5.73 Å². The summed E-state index contributed by atoms with van der Waals surface area (Å²) in [6.07, 6.45) is 0. The van der Waals surface area contributed by atoms with Crippen LogP contribution in [0.3, 0.4) is 0 Å². The Balaban J connectivity index is 1.93. The zero-order chi connectivity index (χ0) is 15.0. The highest BCUT2D eigenvalue weighted by atomic mass is 79.9. The second kappa shape index (κ2) is 5.21. The van der Waals surface area contributed by atoms with Crippen molar-refractivity contribution in [2.45, 2.75) is 6.92 Å². The van der Waals surface area contributed by atoms with Gasteiger partial charge in [-0.15, -0.1) is 0 Å². The molecular weight excluding hydrogens is 332 g/mol.